The average Bonchev–Trinajstić information content (AvgIpc) is 3.62. The van der Waals surface area contributed by atoms with E-state index in [0.717, 1.165) is 41.5 Å². The number of aromatic nitrogens is 2. The number of fused-ring (bicyclic) bond motifs is 3. The fourth-order valence-corrected chi connectivity index (χ4v) is 4.75. The standard InChI is InChI=1S/C30H28N4O3/c1-33(2)17-19-8-10-20(11-9-19)22-12-15-25-24(16-22)28-29(37-25)27(21-6-4-3-5-7-21)32-30(36)34(28)18-26(35)31-23-13-14-23/h3-12,15-16,23H,13-14,17-18H2,1-2H3,(H,31,35). The summed E-state index contributed by atoms with van der Waals surface area (Å²) in [6.07, 6.45) is 1.96. The molecule has 2 aromatic heterocycles. The van der Waals surface area contributed by atoms with Gasteiger partial charge >= 0.3 is 5.69 Å². The van der Waals surface area contributed by atoms with Gasteiger partial charge in [-0.3, -0.25) is 9.36 Å². The zero-order valence-corrected chi connectivity index (χ0v) is 20.9. The van der Waals surface area contributed by atoms with Gasteiger partial charge in [-0.1, -0.05) is 60.7 Å². The molecule has 1 fully saturated rings. The number of amides is 1. The minimum atomic E-state index is -0.474. The molecule has 186 valence electrons. The predicted octanol–water partition coefficient (Wildman–Crippen LogP) is 4.82. The Kier molecular flexibility index (Phi) is 5.85. The van der Waals surface area contributed by atoms with Gasteiger partial charge in [0, 0.05) is 23.5 Å². The monoisotopic (exact) mass is 492 g/mol. The molecule has 0 atom stereocenters. The van der Waals surface area contributed by atoms with E-state index < -0.39 is 5.69 Å². The molecule has 7 nitrogen and oxygen atoms in total. The highest BCUT2D eigenvalue weighted by Gasteiger charge is 2.25. The molecule has 0 radical (unpaired) electrons. The van der Waals surface area contributed by atoms with E-state index in [-0.39, 0.29) is 18.5 Å². The van der Waals surface area contributed by atoms with Gasteiger partial charge in [0.15, 0.2) is 5.58 Å². The molecule has 1 aliphatic rings. The molecule has 1 saturated carbocycles. The highest BCUT2D eigenvalue weighted by atomic mass is 16.3. The normalized spacial score (nSPS) is 13.5. The van der Waals surface area contributed by atoms with Crippen molar-refractivity contribution in [2.75, 3.05) is 14.1 Å². The van der Waals surface area contributed by atoms with Crippen molar-refractivity contribution in [1.82, 2.24) is 19.8 Å². The average molecular weight is 493 g/mol. The van der Waals surface area contributed by atoms with E-state index in [2.05, 4.69) is 53.6 Å². The Balaban J connectivity index is 1.52. The van der Waals surface area contributed by atoms with Crippen molar-refractivity contribution in [1.29, 1.82) is 0 Å². The van der Waals surface area contributed by atoms with Crippen LogP contribution in [0.5, 0.6) is 0 Å². The minimum Gasteiger partial charge on any atom is -0.452 e. The van der Waals surface area contributed by atoms with E-state index in [1.54, 1.807) is 0 Å². The second-order valence-electron chi connectivity index (χ2n) is 9.96. The number of hydrogen-bond donors (Lipinski definition) is 1. The first kappa shape index (κ1) is 23.2. The van der Waals surface area contributed by atoms with Crippen LogP contribution >= 0.6 is 0 Å². The third kappa shape index (κ3) is 4.66. The smallest absolute Gasteiger partial charge is 0.349 e. The summed E-state index contributed by atoms with van der Waals surface area (Å²) in [5.74, 6) is -0.192. The van der Waals surface area contributed by atoms with Crippen molar-refractivity contribution >= 4 is 28.0 Å². The van der Waals surface area contributed by atoms with Crippen molar-refractivity contribution in [2.45, 2.75) is 32.0 Å². The number of hydrogen-bond acceptors (Lipinski definition) is 5. The highest BCUT2D eigenvalue weighted by molar-refractivity contribution is 6.08. The third-order valence-electron chi connectivity index (χ3n) is 6.66. The van der Waals surface area contributed by atoms with E-state index in [4.69, 9.17) is 4.42 Å². The maximum atomic E-state index is 13.3. The van der Waals surface area contributed by atoms with Crippen LogP contribution in [0.1, 0.15) is 18.4 Å². The summed E-state index contributed by atoms with van der Waals surface area (Å²) in [6.45, 7) is 0.766. The summed E-state index contributed by atoms with van der Waals surface area (Å²) < 4.78 is 7.74. The lowest BCUT2D eigenvalue weighted by molar-refractivity contribution is -0.121. The van der Waals surface area contributed by atoms with E-state index in [0.29, 0.717) is 22.4 Å². The van der Waals surface area contributed by atoms with Crippen LogP contribution in [0.15, 0.2) is 82.0 Å². The van der Waals surface area contributed by atoms with Gasteiger partial charge < -0.3 is 14.6 Å². The largest absolute Gasteiger partial charge is 0.452 e. The predicted molar refractivity (Wildman–Crippen MR) is 145 cm³/mol. The van der Waals surface area contributed by atoms with Crippen LogP contribution in [0, 0.1) is 0 Å². The lowest BCUT2D eigenvalue weighted by atomic mass is 10.0. The molecule has 0 bridgehead atoms. The number of carbonyl (C=O) groups excluding carboxylic acids is 1. The zero-order valence-electron chi connectivity index (χ0n) is 20.9. The molecule has 1 N–H and O–H groups in total. The van der Waals surface area contributed by atoms with E-state index in [1.165, 1.54) is 10.1 Å². The van der Waals surface area contributed by atoms with Crippen molar-refractivity contribution in [3.05, 3.63) is 88.8 Å². The molecule has 3 aromatic carbocycles. The minimum absolute atomic E-state index is 0.105. The Labute approximate surface area is 214 Å². The van der Waals surface area contributed by atoms with Gasteiger partial charge in [0.05, 0.1) is 0 Å². The molecule has 2 heterocycles. The molecule has 0 saturated heterocycles. The Bertz CT molecular complexity index is 1660. The summed E-state index contributed by atoms with van der Waals surface area (Å²) in [5.41, 5.74) is 5.83. The van der Waals surface area contributed by atoms with Crippen LogP contribution in [0.2, 0.25) is 0 Å². The van der Waals surface area contributed by atoms with Gasteiger partial charge in [0.1, 0.15) is 23.3 Å². The molecule has 0 spiro atoms. The quantitative estimate of drug-likeness (QED) is 0.352. The molecule has 0 aliphatic heterocycles. The third-order valence-corrected chi connectivity index (χ3v) is 6.66. The fraction of sp³-hybridized carbons (Fsp3) is 0.233. The fourth-order valence-electron chi connectivity index (χ4n) is 4.75. The molecule has 6 rings (SSSR count). The van der Waals surface area contributed by atoms with Crippen LogP contribution in [-0.2, 0) is 17.9 Å². The van der Waals surface area contributed by atoms with Gasteiger partial charge in [-0.25, -0.2) is 4.79 Å². The second kappa shape index (κ2) is 9.33. The highest BCUT2D eigenvalue weighted by Crippen LogP contribution is 2.36. The van der Waals surface area contributed by atoms with Crippen LogP contribution in [0.25, 0.3) is 44.5 Å². The van der Waals surface area contributed by atoms with Crippen LogP contribution in [0.3, 0.4) is 0 Å². The second-order valence-corrected chi connectivity index (χ2v) is 9.96. The summed E-state index contributed by atoms with van der Waals surface area (Å²) in [7, 11) is 4.10. The summed E-state index contributed by atoms with van der Waals surface area (Å²) >= 11 is 0. The van der Waals surface area contributed by atoms with Gasteiger partial charge in [0.2, 0.25) is 5.91 Å². The Morgan fingerprint density at radius 3 is 2.43 bits per heavy atom. The Morgan fingerprint density at radius 1 is 1.00 bits per heavy atom. The molecule has 1 amide bonds. The SMILES string of the molecule is CN(C)Cc1ccc(-c2ccc3oc4c(-c5ccccc5)nc(=O)n(CC(=O)NC5CC5)c4c3c2)cc1. The first-order valence-electron chi connectivity index (χ1n) is 12.5. The first-order chi connectivity index (χ1) is 18.0. The molecule has 7 heteroatoms. The van der Waals surface area contributed by atoms with Crippen LogP contribution in [0.4, 0.5) is 0 Å². The van der Waals surface area contributed by atoms with Crippen molar-refractivity contribution in [3.8, 4) is 22.4 Å². The maximum absolute atomic E-state index is 13.3. The summed E-state index contributed by atoms with van der Waals surface area (Å²) in [6, 6.07) is 24.2. The van der Waals surface area contributed by atoms with Gasteiger partial charge in [0.25, 0.3) is 0 Å². The van der Waals surface area contributed by atoms with E-state index >= 15 is 0 Å². The topological polar surface area (TPSA) is 80.4 Å². The molecule has 0 unspecified atom stereocenters. The number of furan rings is 1. The van der Waals surface area contributed by atoms with Crippen LogP contribution in [-0.4, -0.2) is 40.5 Å². The summed E-state index contributed by atoms with van der Waals surface area (Å²) in [4.78, 5) is 32.5. The number of nitrogens with zero attached hydrogens (tertiary/aromatic N) is 3. The van der Waals surface area contributed by atoms with Crippen molar-refractivity contribution in [3.63, 3.8) is 0 Å². The maximum Gasteiger partial charge on any atom is 0.349 e. The molecule has 1 aliphatic carbocycles. The Morgan fingerprint density at radius 2 is 1.73 bits per heavy atom. The van der Waals surface area contributed by atoms with Crippen molar-refractivity contribution < 1.29 is 9.21 Å². The van der Waals surface area contributed by atoms with E-state index in [1.807, 2.05) is 48.5 Å². The summed E-state index contributed by atoms with van der Waals surface area (Å²) in [5, 5.41) is 3.75. The number of rotatable bonds is 7. The molecular formula is C30H28N4O3. The number of carbonyl (C=O) groups is 1. The molecule has 37 heavy (non-hydrogen) atoms. The zero-order chi connectivity index (χ0) is 25.5. The molecular weight excluding hydrogens is 464 g/mol. The van der Waals surface area contributed by atoms with Gasteiger partial charge in [-0.2, -0.15) is 4.98 Å². The van der Waals surface area contributed by atoms with Gasteiger partial charge in [-0.15, -0.1) is 0 Å². The van der Waals surface area contributed by atoms with Crippen LogP contribution < -0.4 is 11.0 Å². The van der Waals surface area contributed by atoms with Gasteiger partial charge in [-0.05, 0) is 55.8 Å². The van der Waals surface area contributed by atoms with E-state index in [9.17, 15) is 9.59 Å². The number of benzene rings is 3. The lowest BCUT2D eigenvalue weighted by Crippen LogP contribution is -2.34. The lowest BCUT2D eigenvalue weighted by Gasteiger charge is -2.11. The number of nitrogens with one attached hydrogen (secondary N) is 1. The molecule has 5 aromatic rings. The first-order valence-corrected chi connectivity index (χ1v) is 12.5. The Hall–Kier alpha value is -4.23. The van der Waals surface area contributed by atoms with Crippen molar-refractivity contribution in [2.24, 2.45) is 0 Å².